The molecule has 3 rings (SSSR count). The van der Waals surface area contributed by atoms with Gasteiger partial charge in [-0.15, -0.1) is 11.8 Å². The Morgan fingerprint density at radius 3 is 2.74 bits per heavy atom. The van der Waals surface area contributed by atoms with Crippen molar-refractivity contribution in [3.05, 3.63) is 59.7 Å². The molecule has 1 amide bonds. The first-order chi connectivity index (χ1) is 13.2. The topological polar surface area (TPSA) is 38.8 Å². The Labute approximate surface area is 165 Å². The number of methoxy groups -OCH3 is 1. The van der Waals surface area contributed by atoms with Gasteiger partial charge < -0.3 is 14.4 Å². The van der Waals surface area contributed by atoms with Gasteiger partial charge in [-0.25, -0.2) is 0 Å². The predicted molar refractivity (Wildman–Crippen MR) is 110 cm³/mol. The average Bonchev–Trinajstić information content (AvgIpc) is 3.21. The Bertz CT molecular complexity index is 750. The number of hydrogen-bond donors (Lipinski definition) is 0. The largest absolute Gasteiger partial charge is 0.493 e. The second-order valence-corrected chi connectivity index (χ2v) is 7.79. The number of ether oxygens (including phenoxy) is 2. The highest BCUT2D eigenvalue weighted by Gasteiger charge is 2.30. The van der Waals surface area contributed by atoms with E-state index in [2.05, 4.69) is 6.92 Å². The van der Waals surface area contributed by atoms with Gasteiger partial charge in [0.2, 0.25) is 5.91 Å². The second kappa shape index (κ2) is 9.70. The Kier molecular flexibility index (Phi) is 7.04. The van der Waals surface area contributed by atoms with Crippen LogP contribution in [0.2, 0.25) is 0 Å². The molecule has 1 heterocycles. The Morgan fingerprint density at radius 2 is 2.00 bits per heavy atom. The number of benzene rings is 2. The summed E-state index contributed by atoms with van der Waals surface area (Å²) in [5, 5.41) is 0.0615. The Morgan fingerprint density at radius 1 is 1.19 bits per heavy atom. The zero-order chi connectivity index (χ0) is 19.1. The summed E-state index contributed by atoms with van der Waals surface area (Å²) in [6, 6.07) is 16.1. The van der Waals surface area contributed by atoms with Crippen LogP contribution in [0.25, 0.3) is 0 Å². The van der Waals surface area contributed by atoms with Gasteiger partial charge in [0.25, 0.3) is 0 Å². The third-order valence-electron chi connectivity index (χ3n) is 4.67. The molecule has 27 heavy (non-hydrogen) atoms. The minimum atomic E-state index is 0.0615. The van der Waals surface area contributed by atoms with Gasteiger partial charge in [-0.3, -0.25) is 4.79 Å². The number of carbonyl (C=O) groups excluding carboxylic acids is 1. The van der Waals surface area contributed by atoms with Crippen LogP contribution >= 0.6 is 11.8 Å². The maximum absolute atomic E-state index is 12.5. The van der Waals surface area contributed by atoms with Gasteiger partial charge in [0.05, 0.1) is 7.11 Å². The monoisotopic (exact) mass is 385 g/mol. The normalized spacial score (nSPS) is 16.4. The quantitative estimate of drug-likeness (QED) is 0.638. The summed E-state index contributed by atoms with van der Waals surface area (Å²) in [5.74, 6) is 2.64. The lowest BCUT2D eigenvalue weighted by molar-refractivity contribution is -0.131. The molecule has 1 aliphatic heterocycles. The molecule has 4 nitrogen and oxygen atoms in total. The van der Waals surface area contributed by atoms with E-state index >= 15 is 0 Å². The lowest BCUT2D eigenvalue weighted by Gasteiger charge is -2.25. The molecule has 0 aliphatic carbocycles. The van der Waals surface area contributed by atoms with E-state index in [0.29, 0.717) is 18.8 Å². The lowest BCUT2D eigenvalue weighted by atomic mass is 10.1. The van der Waals surface area contributed by atoms with Crippen LogP contribution in [0.15, 0.2) is 48.5 Å². The molecule has 0 bridgehead atoms. The number of hydrogen-bond acceptors (Lipinski definition) is 4. The molecular weight excluding hydrogens is 358 g/mol. The van der Waals surface area contributed by atoms with Gasteiger partial charge in [0.15, 0.2) is 11.5 Å². The van der Waals surface area contributed by atoms with Crippen LogP contribution in [0.1, 0.15) is 42.7 Å². The van der Waals surface area contributed by atoms with Crippen LogP contribution in [0, 0.1) is 0 Å². The summed E-state index contributed by atoms with van der Waals surface area (Å²) in [7, 11) is 1.65. The first-order valence-electron chi connectivity index (χ1n) is 9.48. The molecule has 2 aromatic rings. The Hall–Kier alpha value is -2.14. The van der Waals surface area contributed by atoms with Crippen molar-refractivity contribution in [2.45, 2.75) is 38.2 Å². The van der Waals surface area contributed by atoms with E-state index in [1.807, 2.05) is 65.2 Å². The standard InChI is InChI=1S/C22H27NO3S/c1-3-4-10-21(24)23-13-14-27-22(23)18-11-12-19(20(15-18)25-2)26-16-17-8-6-5-7-9-17/h5-9,11-12,15,22H,3-4,10,13-14,16H2,1-2H3. The first-order valence-corrected chi connectivity index (χ1v) is 10.5. The van der Waals surface area contributed by atoms with E-state index in [4.69, 9.17) is 9.47 Å². The van der Waals surface area contributed by atoms with Crippen molar-refractivity contribution in [1.29, 1.82) is 0 Å². The zero-order valence-electron chi connectivity index (χ0n) is 16.0. The molecule has 1 unspecified atom stereocenters. The number of unbranched alkanes of at least 4 members (excludes halogenated alkanes) is 1. The van der Waals surface area contributed by atoms with Crippen LogP contribution in [0.3, 0.4) is 0 Å². The van der Waals surface area contributed by atoms with Crippen LogP contribution < -0.4 is 9.47 Å². The van der Waals surface area contributed by atoms with Crippen molar-refractivity contribution in [3.63, 3.8) is 0 Å². The van der Waals surface area contributed by atoms with Gasteiger partial charge in [-0.1, -0.05) is 49.7 Å². The SMILES string of the molecule is CCCCC(=O)N1CCSC1c1ccc(OCc2ccccc2)c(OC)c1. The van der Waals surface area contributed by atoms with Gasteiger partial charge in [-0.05, 0) is 29.7 Å². The van der Waals surface area contributed by atoms with E-state index in [-0.39, 0.29) is 11.3 Å². The highest BCUT2D eigenvalue weighted by Crippen LogP contribution is 2.41. The van der Waals surface area contributed by atoms with Gasteiger partial charge in [0.1, 0.15) is 12.0 Å². The molecule has 1 aliphatic rings. The second-order valence-electron chi connectivity index (χ2n) is 6.60. The molecular formula is C22H27NO3S. The third-order valence-corrected chi connectivity index (χ3v) is 5.93. The molecule has 144 valence electrons. The van der Waals surface area contributed by atoms with Gasteiger partial charge >= 0.3 is 0 Å². The van der Waals surface area contributed by atoms with E-state index < -0.39 is 0 Å². The summed E-state index contributed by atoms with van der Waals surface area (Å²) in [4.78, 5) is 14.5. The van der Waals surface area contributed by atoms with Crippen LogP contribution in [0.5, 0.6) is 11.5 Å². The number of thioether (sulfide) groups is 1. The fourth-order valence-corrected chi connectivity index (χ4v) is 4.43. The first kappa shape index (κ1) is 19.6. The molecule has 5 heteroatoms. The average molecular weight is 386 g/mol. The van der Waals surface area contributed by atoms with E-state index in [1.54, 1.807) is 7.11 Å². The number of carbonyl (C=O) groups is 1. The molecule has 0 spiro atoms. The van der Waals surface area contributed by atoms with Gasteiger partial charge in [-0.2, -0.15) is 0 Å². The van der Waals surface area contributed by atoms with Crippen LogP contribution in [-0.2, 0) is 11.4 Å². The minimum Gasteiger partial charge on any atom is -0.493 e. The van der Waals surface area contributed by atoms with Crippen LogP contribution in [-0.4, -0.2) is 30.2 Å². The molecule has 2 aromatic carbocycles. The van der Waals surface area contributed by atoms with Crippen molar-refractivity contribution >= 4 is 17.7 Å². The Balaban J connectivity index is 1.72. The summed E-state index contributed by atoms with van der Waals surface area (Å²) < 4.78 is 11.5. The lowest BCUT2D eigenvalue weighted by Crippen LogP contribution is -2.30. The third kappa shape index (κ3) is 4.98. The molecule has 0 saturated carbocycles. The summed E-state index contributed by atoms with van der Waals surface area (Å²) in [5.41, 5.74) is 2.20. The number of amides is 1. The molecule has 0 radical (unpaired) electrons. The van der Waals surface area contributed by atoms with Crippen molar-refractivity contribution < 1.29 is 14.3 Å². The fourth-order valence-electron chi connectivity index (χ4n) is 3.17. The van der Waals surface area contributed by atoms with Crippen molar-refractivity contribution in [1.82, 2.24) is 4.90 Å². The molecule has 0 aromatic heterocycles. The molecule has 0 N–H and O–H groups in total. The highest BCUT2D eigenvalue weighted by atomic mass is 32.2. The predicted octanol–water partition coefficient (Wildman–Crippen LogP) is 5.04. The van der Waals surface area contributed by atoms with Crippen molar-refractivity contribution in [3.8, 4) is 11.5 Å². The van der Waals surface area contributed by atoms with Crippen molar-refractivity contribution in [2.75, 3.05) is 19.4 Å². The fraction of sp³-hybridized carbons (Fsp3) is 0.409. The van der Waals surface area contributed by atoms with Crippen molar-refractivity contribution in [2.24, 2.45) is 0 Å². The summed E-state index contributed by atoms with van der Waals surface area (Å²) >= 11 is 1.81. The smallest absolute Gasteiger partial charge is 0.223 e. The van der Waals surface area contributed by atoms with Crippen LogP contribution in [0.4, 0.5) is 0 Å². The van der Waals surface area contributed by atoms with E-state index in [1.165, 1.54) is 0 Å². The van der Waals surface area contributed by atoms with E-state index in [9.17, 15) is 4.79 Å². The zero-order valence-corrected chi connectivity index (χ0v) is 16.8. The molecule has 1 fully saturated rings. The number of rotatable bonds is 8. The maximum atomic E-state index is 12.5. The molecule has 1 atom stereocenters. The minimum absolute atomic E-state index is 0.0615. The molecule has 1 saturated heterocycles. The number of nitrogens with zero attached hydrogens (tertiary/aromatic N) is 1. The summed E-state index contributed by atoms with van der Waals surface area (Å²) in [6.45, 7) is 3.42. The van der Waals surface area contributed by atoms with E-state index in [0.717, 1.165) is 42.0 Å². The summed E-state index contributed by atoms with van der Waals surface area (Å²) in [6.07, 6.45) is 2.62. The van der Waals surface area contributed by atoms with Gasteiger partial charge in [0, 0.05) is 18.7 Å². The maximum Gasteiger partial charge on any atom is 0.223 e. The highest BCUT2D eigenvalue weighted by molar-refractivity contribution is 7.99.